The number of pyridine rings is 2. The topological polar surface area (TPSA) is 51.8 Å². The van der Waals surface area contributed by atoms with Gasteiger partial charge in [-0.05, 0) is 29.6 Å². The molecule has 0 saturated heterocycles. The second-order valence-corrected chi connectivity index (χ2v) is 4.40. The minimum Gasteiger partial charge on any atom is -0.383 e. The predicted molar refractivity (Wildman–Crippen MR) is 67.3 cm³/mol. The standard InChI is InChI=1S/C12H9N3S/c13-11-9(10-4-2-6-16-10)7-8-3-1-5-14-12(8)15-11/h1-7H,(H2,13,14,15). The number of nitrogen functional groups attached to an aromatic ring is 1. The number of anilines is 1. The van der Waals surface area contributed by atoms with Gasteiger partial charge in [-0.2, -0.15) is 0 Å². The Hall–Kier alpha value is -1.94. The molecule has 3 nitrogen and oxygen atoms in total. The molecule has 3 rings (SSSR count). The third-order valence-corrected chi connectivity index (χ3v) is 3.31. The molecule has 0 spiro atoms. The SMILES string of the molecule is Nc1nc2ncccc2cc1-c1cccs1. The maximum absolute atomic E-state index is 5.93. The molecule has 0 aliphatic rings. The first-order valence-electron chi connectivity index (χ1n) is 4.90. The lowest BCUT2D eigenvalue weighted by Gasteiger charge is -2.04. The summed E-state index contributed by atoms with van der Waals surface area (Å²) in [6, 6.07) is 9.98. The van der Waals surface area contributed by atoms with Gasteiger partial charge in [-0.25, -0.2) is 9.97 Å². The van der Waals surface area contributed by atoms with E-state index in [1.165, 1.54) is 0 Å². The van der Waals surface area contributed by atoms with Gasteiger partial charge in [0.2, 0.25) is 0 Å². The van der Waals surface area contributed by atoms with E-state index in [1.54, 1.807) is 17.5 Å². The molecular formula is C12H9N3S. The van der Waals surface area contributed by atoms with Gasteiger partial charge in [0.25, 0.3) is 0 Å². The number of rotatable bonds is 1. The molecule has 0 bridgehead atoms. The van der Waals surface area contributed by atoms with Crippen molar-refractivity contribution in [1.82, 2.24) is 9.97 Å². The number of hydrogen-bond donors (Lipinski definition) is 1. The van der Waals surface area contributed by atoms with E-state index < -0.39 is 0 Å². The first-order chi connectivity index (χ1) is 7.84. The third-order valence-electron chi connectivity index (χ3n) is 2.41. The molecule has 0 fully saturated rings. The zero-order valence-electron chi connectivity index (χ0n) is 8.42. The van der Waals surface area contributed by atoms with Crippen molar-refractivity contribution in [2.45, 2.75) is 0 Å². The molecule has 3 aromatic rings. The van der Waals surface area contributed by atoms with Crippen LogP contribution in [0.15, 0.2) is 41.9 Å². The summed E-state index contributed by atoms with van der Waals surface area (Å²) in [6.07, 6.45) is 1.72. The molecule has 0 amide bonds. The molecule has 78 valence electrons. The van der Waals surface area contributed by atoms with Gasteiger partial charge in [-0.3, -0.25) is 0 Å². The molecular weight excluding hydrogens is 218 g/mol. The molecule has 0 aliphatic carbocycles. The van der Waals surface area contributed by atoms with Crippen LogP contribution in [0, 0.1) is 0 Å². The monoisotopic (exact) mass is 227 g/mol. The van der Waals surface area contributed by atoms with Crippen LogP contribution in [0.3, 0.4) is 0 Å². The summed E-state index contributed by atoms with van der Waals surface area (Å²) in [4.78, 5) is 9.62. The molecule has 0 radical (unpaired) electrons. The number of hydrogen-bond acceptors (Lipinski definition) is 4. The number of aromatic nitrogens is 2. The van der Waals surface area contributed by atoms with Crippen molar-refractivity contribution in [2.75, 3.05) is 5.73 Å². The Labute approximate surface area is 96.6 Å². The molecule has 0 atom stereocenters. The number of nitrogens with two attached hydrogens (primary N) is 1. The molecule has 4 heteroatoms. The Kier molecular flexibility index (Phi) is 2.08. The van der Waals surface area contributed by atoms with E-state index >= 15 is 0 Å². The highest BCUT2D eigenvalue weighted by Crippen LogP contribution is 2.30. The third kappa shape index (κ3) is 1.44. The van der Waals surface area contributed by atoms with Crippen LogP contribution in [-0.4, -0.2) is 9.97 Å². The van der Waals surface area contributed by atoms with Crippen molar-refractivity contribution in [3.8, 4) is 10.4 Å². The van der Waals surface area contributed by atoms with Crippen molar-refractivity contribution in [1.29, 1.82) is 0 Å². The van der Waals surface area contributed by atoms with E-state index in [0.29, 0.717) is 11.5 Å². The Morgan fingerprint density at radius 1 is 1.19 bits per heavy atom. The predicted octanol–water partition coefficient (Wildman–Crippen LogP) is 2.94. The largest absolute Gasteiger partial charge is 0.383 e. The maximum atomic E-state index is 5.93. The summed E-state index contributed by atoms with van der Waals surface area (Å²) in [5, 5.41) is 3.04. The van der Waals surface area contributed by atoms with Crippen molar-refractivity contribution in [2.24, 2.45) is 0 Å². The average Bonchev–Trinajstić information content (AvgIpc) is 2.81. The average molecular weight is 227 g/mol. The van der Waals surface area contributed by atoms with Gasteiger partial charge in [0.15, 0.2) is 5.65 Å². The summed E-state index contributed by atoms with van der Waals surface area (Å²) in [5.74, 6) is 0.536. The van der Waals surface area contributed by atoms with Crippen LogP contribution in [0.5, 0.6) is 0 Å². The first kappa shape index (κ1) is 9.30. The molecule has 0 aromatic carbocycles. The van der Waals surface area contributed by atoms with E-state index in [0.717, 1.165) is 15.8 Å². The van der Waals surface area contributed by atoms with Gasteiger partial charge in [0.05, 0.1) is 0 Å². The molecule has 3 aromatic heterocycles. The minimum atomic E-state index is 0.536. The summed E-state index contributed by atoms with van der Waals surface area (Å²) in [7, 11) is 0. The smallest absolute Gasteiger partial charge is 0.161 e. The second kappa shape index (κ2) is 3.57. The van der Waals surface area contributed by atoms with Crippen molar-refractivity contribution < 1.29 is 0 Å². The second-order valence-electron chi connectivity index (χ2n) is 3.45. The highest BCUT2D eigenvalue weighted by molar-refractivity contribution is 7.13. The van der Waals surface area contributed by atoms with Gasteiger partial charge < -0.3 is 5.73 Å². The van der Waals surface area contributed by atoms with Crippen molar-refractivity contribution in [3.05, 3.63) is 41.9 Å². The summed E-state index contributed by atoms with van der Waals surface area (Å²) < 4.78 is 0. The fourth-order valence-electron chi connectivity index (χ4n) is 1.65. The van der Waals surface area contributed by atoms with Crippen LogP contribution in [-0.2, 0) is 0 Å². The summed E-state index contributed by atoms with van der Waals surface area (Å²) >= 11 is 1.66. The van der Waals surface area contributed by atoms with E-state index in [4.69, 9.17) is 5.73 Å². The van der Waals surface area contributed by atoms with Crippen molar-refractivity contribution >= 4 is 28.2 Å². The van der Waals surface area contributed by atoms with Crippen LogP contribution in [0.25, 0.3) is 21.5 Å². The van der Waals surface area contributed by atoms with E-state index in [2.05, 4.69) is 9.97 Å². The molecule has 0 unspecified atom stereocenters. The molecule has 3 heterocycles. The van der Waals surface area contributed by atoms with E-state index in [9.17, 15) is 0 Å². The maximum Gasteiger partial charge on any atom is 0.161 e. The Morgan fingerprint density at radius 2 is 2.12 bits per heavy atom. The van der Waals surface area contributed by atoms with Crippen LogP contribution >= 0.6 is 11.3 Å². The lowest BCUT2D eigenvalue weighted by Crippen LogP contribution is -1.95. The number of nitrogens with zero attached hydrogens (tertiary/aromatic N) is 2. The molecule has 0 aliphatic heterocycles. The van der Waals surface area contributed by atoms with E-state index in [-0.39, 0.29) is 0 Å². The molecule has 0 saturated carbocycles. The lowest BCUT2D eigenvalue weighted by molar-refractivity contribution is 1.29. The lowest BCUT2D eigenvalue weighted by atomic mass is 10.1. The highest BCUT2D eigenvalue weighted by atomic mass is 32.1. The van der Waals surface area contributed by atoms with Crippen molar-refractivity contribution in [3.63, 3.8) is 0 Å². The van der Waals surface area contributed by atoms with Gasteiger partial charge >= 0.3 is 0 Å². The fraction of sp³-hybridized carbons (Fsp3) is 0. The van der Waals surface area contributed by atoms with Gasteiger partial charge in [-0.15, -0.1) is 11.3 Å². The number of thiophene rings is 1. The normalized spacial score (nSPS) is 10.8. The molecule has 2 N–H and O–H groups in total. The number of fused-ring (bicyclic) bond motifs is 1. The van der Waals surface area contributed by atoms with Crippen LogP contribution in [0.4, 0.5) is 5.82 Å². The van der Waals surface area contributed by atoms with Gasteiger partial charge in [0, 0.05) is 22.0 Å². The Bertz CT molecular complexity index is 632. The highest BCUT2D eigenvalue weighted by Gasteiger charge is 2.07. The molecule has 16 heavy (non-hydrogen) atoms. The summed E-state index contributed by atoms with van der Waals surface area (Å²) in [5.41, 5.74) is 7.61. The fourth-order valence-corrected chi connectivity index (χ4v) is 2.40. The quantitative estimate of drug-likeness (QED) is 0.695. The Balaban J connectivity index is 2.30. The summed E-state index contributed by atoms with van der Waals surface area (Å²) in [6.45, 7) is 0. The zero-order valence-corrected chi connectivity index (χ0v) is 9.24. The van der Waals surface area contributed by atoms with Crippen LogP contribution < -0.4 is 5.73 Å². The van der Waals surface area contributed by atoms with Gasteiger partial charge in [0.1, 0.15) is 5.82 Å². The van der Waals surface area contributed by atoms with Crippen LogP contribution in [0.1, 0.15) is 0 Å². The zero-order chi connectivity index (χ0) is 11.0. The van der Waals surface area contributed by atoms with Crippen LogP contribution in [0.2, 0.25) is 0 Å². The first-order valence-corrected chi connectivity index (χ1v) is 5.78. The minimum absolute atomic E-state index is 0.536. The Morgan fingerprint density at radius 3 is 2.94 bits per heavy atom. The van der Waals surface area contributed by atoms with E-state index in [1.807, 2.05) is 35.7 Å². The van der Waals surface area contributed by atoms with Gasteiger partial charge in [-0.1, -0.05) is 6.07 Å².